The van der Waals surface area contributed by atoms with Crippen molar-refractivity contribution >= 4 is 40.7 Å². The molecule has 28 heavy (non-hydrogen) atoms. The monoisotopic (exact) mass is 400 g/mol. The van der Waals surface area contributed by atoms with Gasteiger partial charge in [0.25, 0.3) is 11.8 Å². The first-order valence-corrected chi connectivity index (χ1v) is 10.2. The molecule has 2 aromatic carbocycles. The summed E-state index contributed by atoms with van der Waals surface area (Å²) in [5, 5.41) is 5.73. The van der Waals surface area contributed by atoms with Crippen molar-refractivity contribution in [3.8, 4) is 0 Å². The Morgan fingerprint density at radius 1 is 1.04 bits per heavy atom. The SMILES string of the molecule is CSc1ccccc1NC(=O)C[NH+](C)[C@@H](C)C(=O)Nc1ccc(C(C)=O)cc1. The van der Waals surface area contributed by atoms with Crippen LogP contribution in [0.4, 0.5) is 11.4 Å². The highest BCUT2D eigenvalue weighted by Gasteiger charge is 2.24. The number of carbonyl (C=O) groups is 3. The zero-order chi connectivity index (χ0) is 20.7. The van der Waals surface area contributed by atoms with Crippen molar-refractivity contribution in [2.24, 2.45) is 0 Å². The molecule has 2 amide bonds. The van der Waals surface area contributed by atoms with E-state index in [1.165, 1.54) is 6.92 Å². The van der Waals surface area contributed by atoms with E-state index in [1.54, 1.807) is 43.0 Å². The number of hydrogen-bond acceptors (Lipinski definition) is 4. The quantitative estimate of drug-likeness (QED) is 0.468. The maximum Gasteiger partial charge on any atom is 0.282 e. The van der Waals surface area contributed by atoms with Gasteiger partial charge in [0, 0.05) is 16.1 Å². The Morgan fingerprint density at radius 2 is 1.68 bits per heavy atom. The van der Waals surface area contributed by atoms with Gasteiger partial charge in [-0.3, -0.25) is 14.4 Å². The fourth-order valence-electron chi connectivity index (χ4n) is 2.61. The van der Waals surface area contributed by atoms with E-state index in [0.717, 1.165) is 15.5 Å². The smallest absolute Gasteiger partial charge is 0.282 e. The lowest BCUT2D eigenvalue weighted by molar-refractivity contribution is -0.885. The molecular formula is C21H26N3O3S+. The number of anilines is 2. The van der Waals surface area contributed by atoms with Crippen molar-refractivity contribution in [2.75, 3.05) is 30.5 Å². The maximum atomic E-state index is 12.5. The number of carbonyl (C=O) groups excluding carboxylic acids is 3. The number of quaternary nitrogens is 1. The fourth-order valence-corrected chi connectivity index (χ4v) is 3.16. The van der Waals surface area contributed by atoms with Gasteiger partial charge in [0.2, 0.25) is 0 Å². The standard InChI is InChI=1S/C21H25N3O3S/c1-14(21(27)22-17-11-9-16(10-12-17)15(2)25)24(3)13-20(26)23-18-7-5-6-8-19(18)28-4/h5-12,14H,13H2,1-4H3,(H,22,27)(H,23,26)/p+1/t14-/m0/s1. The van der Waals surface area contributed by atoms with Gasteiger partial charge in [-0.25, -0.2) is 0 Å². The number of para-hydroxylation sites is 1. The summed E-state index contributed by atoms with van der Waals surface area (Å²) < 4.78 is 0. The van der Waals surface area contributed by atoms with Crippen LogP contribution in [0.1, 0.15) is 24.2 Å². The number of ketones is 1. The summed E-state index contributed by atoms with van der Waals surface area (Å²) in [6, 6.07) is 13.9. The predicted molar refractivity (Wildman–Crippen MR) is 113 cm³/mol. The molecule has 0 aromatic heterocycles. The second-order valence-corrected chi connectivity index (χ2v) is 7.46. The molecular weight excluding hydrogens is 374 g/mol. The van der Waals surface area contributed by atoms with E-state index < -0.39 is 6.04 Å². The van der Waals surface area contributed by atoms with Crippen LogP contribution in [-0.2, 0) is 9.59 Å². The number of amides is 2. The van der Waals surface area contributed by atoms with Crippen LogP contribution in [0.2, 0.25) is 0 Å². The first kappa shape index (κ1) is 21.7. The van der Waals surface area contributed by atoms with E-state index in [-0.39, 0.29) is 24.1 Å². The minimum absolute atomic E-state index is 0.0236. The van der Waals surface area contributed by atoms with Crippen LogP contribution in [0.5, 0.6) is 0 Å². The van der Waals surface area contributed by atoms with Crippen LogP contribution in [0.3, 0.4) is 0 Å². The average molecular weight is 401 g/mol. The molecule has 0 saturated heterocycles. The Hall–Kier alpha value is -2.64. The Morgan fingerprint density at radius 3 is 2.29 bits per heavy atom. The third-order valence-corrected chi connectivity index (χ3v) is 5.31. The molecule has 0 aliphatic carbocycles. The number of likely N-dealkylation sites (N-methyl/N-ethyl adjacent to an activating group) is 1. The van der Waals surface area contributed by atoms with Crippen molar-refractivity contribution in [3.63, 3.8) is 0 Å². The van der Waals surface area contributed by atoms with E-state index >= 15 is 0 Å². The van der Waals surface area contributed by atoms with E-state index in [4.69, 9.17) is 0 Å². The minimum Gasteiger partial charge on any atom is -0.321 e. The molecule has 2 atom stereocenters. The molecule has 0 radical (unpaired) electrons. The van der Waals surface area contributed by atoms with Crippen molar-refractivity contribution in [3.05, 3.63) is 54.1 Å². The van der Waals surface area contributed by atoms with Crippen molar-refractivity contribution < 1.29 is 19.3 Å². The van der Waals surface area contributed by atoms with Gasteiger partial charge in [0.05, 0.1) is 12.7 Å². The third-order valence-electron chi connectivity index (χ3n) is 4.51. The molecule has 0 aliphatic heterocycles. The van der Waals surface area contributed by atoms with Gasteiger partial charge in [-0.2, -0.15) is 0 Å². The van der Waals surface area contributed by atoms with Gasteiger partial charge in [0.15, 0.2) is 18.4 Å². The Labute approximate surface area is 169 Å². The van der Waals surface area contributed by atoms with Crippen LogP contribution in [0, 0.1) is 0 Å². The van der Waals surface area contributed by atoms with Gasteiger partial charge in [0.1, 0.15) is 0 Å². The molecule has 6 nitrogen and oxygen atoms in total. The third kappa shape index (κ3) is 5.94. The number of Topliss-reactive ketones (excluding diaryl/α,β-unsaturated/α-hetero) is 1. The molecule has 0 heterocycles. The highest BCUT2D eigenvalue weighted by molar-refractivity contribution is 7.98. The Balaban J connectivity index is 1.91. The lowest BCUT2D eigenvalue weighted by atomic mass is 10.1. The molecule has 0 fully saturated rings. The fraction of sp³-hybridized carbons (Fsp3) is 0.286. The highest BCUT2D eigenvalue weighted by atomic mass is 32.2. The minimum atomic E-state index is -0.422. The number of nitrogens with one attached hydrogen (secondary N) is 3. The molecule has 3 N–H and O–H groups in total. The van der Waals surface area contributed by atoms with Gasteiger partial charge in [-0.1, -0.05) is 12.1 Å². The van der Waals surface area contributed by atoms with Crippen molar-refractivity contribution in [1.82, 2.24) is 0 Å². The van der Waals surface area contributed by atoms with E-state index in [0.29, 0.717) is 11.3 Å². The van der Waals surface area contributed by atoms with Gasteiger partial charge in [-0.15, -0.1) is 11.8 Å². The van der Waals surface area contributed by atoms with Crippen LogP contribution in [0.25, 0.3) is 0 Å². The molecule has 0 aliphatic rings. The topological polar surface area (TPSA) is 79.7 Å². The second-order valence-electron chi connectivity index (χ2n) is 6.62. The summed E-state index contributed by atoms with van der Waals surface area (Å²) >= 11 is 1.56. The van der Waals surface area contributed by atoms with Crippen LogP contribution < -0.4 is 15.5 Å². The summed E-state index contributed by atoms with van der Waals surface area (Å²) in [6.07, 6.45) is 1.96. The highest BCUT2D eigenvalue weighted by Crippen LogP contribution is 2.24. The van der Waals surface area contributed by atoms with E-state index in [9.17, 15) is 14.4 Å². The zero-order valence-corrected chi connectivity index (χ0v) is 17.4. The first-order chi connectivity index (χ1) is 13.3. The summed E-state index contributed by atoms with van der Waals surface area (Å²) in [5.74, 6) is -0.362. The summed E-state index contributed by atoms with van der Waals surface area (Å²) in [4.78, 5) is 37.9. The molecule has 2 rings (SSSR count). The second kappa shape index (κ2) is 10.1. The molecule has 2 aromatic rings. The summed E-state index contributed by atoms with van der Waals surface area (Å²) in [5.41, 5.74) is 1.99. The lowest BCUT2D eigenvalue weighted by Gasteiger charge is -2.21. The average Bonchev–Trinajstić information content (AvgIpc) is 2.68. The zero-order valence-electron chi connectivity index (χ0n) is 16.5. The Kier molecular flexibility index (Phi) is 7.78. The molecule has 7 heteroatoms. The number of rotatable bonds is 8. The number of hydrogen-bond donors (Lipinski definition) is 3. The van der Waals surface area contributed by atoms with Crippen molar-refractivity contribution in [2.45, 2.75) is 24.8 Å². The lowest BCUT2D eigenvalue weighted by Crippen LogP contribution is -3.14. The molecule has 1 unspecified atom stereocenters. The molecule has 0 saturated carbocycles. The van der Waals surface area contributed by atoms with Crippen LogP contribution in [-0.4, -0.2) is 43.5 Å². The Bertz CT molecular complexity index is 852. The van der Waals surface area contributed by atoms with Gasteiger partial charge in [-0.05, 0) is 56.5 Å². The maximum absolute atomic E-state index is 12.5. The summed E-state index contributed by atoms with van der Waals surface area (Å²) in [7, 11) is 1.81. The normalized spacial score (nSPS) is 12.7. The van der Waals surface area contributed by atoms with Crippen LogP contribution >= 0.6 is 11.8 Å². The van der Waals surface area contributed by atoms with Gasteiger partial charge >= 0.3 is 0 Å². The molecule has 0 spiro atoms. The molecule has 0 bridgehead atoms. The largest absolute Gasteiger partial charge is 0.321 e. The van der Waals surface area contributed by atoms with E-state index in [2.05, 4.69) is 10.6 Å². The predicted octanol–water partition coefficient (Wildman–Crippen LogP) is 2.09. The van der Waals surface area contributed by atoms with Crippen LogP contribution in [0.15, 0.2) is 53.4 Å². The summed E-state index contributed by atoms with van der Waals surface area (Å²) in [6.45, 7) is 3.44. The van der Waals surface area contributed by atoms with Crippen molar-refractivity contribution in [1.29, 1.82) is 0 Å². The molecule has 148 valence electrons. The first-order valence-electron chi connectivity index (χ1n) is 8.99. The number of thioether (sulfide) groups is 1. The number of benzene rings is 2. The van der Waals surface area contributed by atoms with Gasteiger partial charge < -0.3 is 15.5 Å². The van der Waals surface area contributed by atoms with E-state index in [1.807, 2.05) is 37.6 Å².